The molecule has 2 aromatic rings. The standard InChI is InChI=1S/C19H30N6OS.HI/c1-3-20-19(21-6-7-25-15-16(2)13-23-25)22-14-17(18-5-4-12-27-18)24-8-10-26-11-9-24;/h4-5,12-13,15,17H,3,6-11,14H2,1-2H3,(H2,20,21,22);1H. The van der Waals surface area contributed by atoms with Gasteiger partial charge in [0, 0.05) is 37.3 Å². The van der Waals surface area contributed by atoms with E-state index < -0.39 is 0 Å². The SMILES string of the molecule is CCNC(=NCC(c1cccs1)N1CCOCC1)NCCn1cc(C)cn1.I. The maximum absolute atomic E-state index is 5.52. The lowest BCUT2D eigenvalue weighted by molar-refractivity contribution is 0.0186. The Hall–Kier alpha value is -1.17. The van der Waals surface area contributed by atoms with Crippen molar-refractivity contribution in [2.75, 3.05) is 45.9 Å². The highest BCUT2D eigenvalue weighted by atomic mass is 127. The van der Waals surface area contributed by atoms with Gasteiger partial charge in [-0.1, -0.05) is 6.07 Å². The lowest BCUT2D eigenvalue weighted by atomic mass is 10.2. The van der Waals surface area contributed by atoms with Crippen LogP contribution in [0.25, 0.3) is 0 Å². The van der Waals surface area contributed by atoms with Gasteiger partial charge in [0.25, 0.3) is 0 Å². The third kappa shape index (κ3) is 7.02. The third-order valence-corrected chi connectivity index (χ3v) is 5.49. The van der Waals surface area contributed by atoms with Gasteiger partial charge in [0.05, 0.1) is 38.5 Å². The monoisotopic (exact) mass is 518 g/mol. The van der Waals surface area contributed by atoms with Crippen molar-refractivity contribution in [3.05, 3.63) is 40.3 Å². The number of morpholine rings is 1. The number of aliphatic imine (C=N–C) groups is 1. The topological polar surface area (TPSA) is 66.7 Å². The second kappa shape index (κ2) is 12.4. The molecular weight excluding hydrogens is 487 g/mol. The zero-order chi connectivity index (χ0) is 18.9. The van der Waals surface area contributed by atoms with Gasteiger partial charge < -0.3 is 15.4 Å². The highest BCUT2D eigenvalue weighted by Gasteiger charge is 2.23. The van der Waals surface area contributed by atoms with E-state index in [-0.39, 0.29) is 24.0 Å². The molecule has 156 valence electrons. The van der Waals surface area contributed by atoms with E-state index in [1.807, 2.05) is 10.9 Å². The summed E-state index contributed by atoms with van der Waals surface area (Å²) in [6.45, 7) is 10.8. The molecule has 1 fully saturated rings. The van der Waals surface area contributed by atoms with Crippen molar-refractivity contribution in [3.8, 4) is 0 Å². The van der Waals surface area contributed by atoms with Gasteiger partial charge in [-0.05, 0) is 30.9 Å². The molecule has 2 aromatic heterocycles. The van der Waals surface area contributed by atoms with Gasteiger partial charge in [-0.2, -0.15) is 5.10 Å². The Labute approximate surface area is 188 Å². The Balaban J connectivity index is 0.00000280. The van der Waals surface area contributed by atoms with Crippen LogP contribution in [0.15, 0.2) is 34.9 Å². The molecule has 1 atom stereocenters. The molecule has 0 saturated carbocycles. The second-order valence-corrected chi connectivity index (χ2v) is 7.59. The number of guanidine groups is 1. The van der Waals surface area contributed by atoms with Crippen molar-refractivity contribution in [2.45, 2.75) is 26.4 Å². The molecule has 28 heavy (non-hydrogen) atoms. The minimum Gasteiger partial charge on any atom is -0.379 e. The normalized spacial score (nSPS) is 16.4. The van der Waals surface area contributed by atoms with Gasteiger partial charge in [0.15, 0.2) is 5.96 Å². The van der Waals surface area contributed by atoms with Gasteiger partial charge in [0.1, 0.15) is 0 Å². The Bertz CT molecular complexity index is 699. The molecule has 1 aliphatic rings. The van der Waals surface area contributed by atoms with E-state index >= 15 is 0 Å². The molecule has 0 amide bonds. The summed E-state index contributed by atoms with van der Waals surface area (Å²) in [6.07, 6.45) is 3.93. The smallest absolute Gasteiger partial charge is 0.191 e. The number of nitrogens with zero attached hydrogens (tertiary/aromatic N) is 4. The van der Waals surface area contributed by atoms with E-state index in [0.717, 1.165) is 58.4 Å². The van der Waals surface area contributed by atoms with E-state index in [4.69, 9.17) is 9.73 Å². The highest BCUT2D eigenvalue weighted by Crippen LogP contribution is 2.26. The predicted octanol–water partition coefficient (Wildman–Crippen LogP) is 2.50. The molecule has 1 unspecified atom stereocenters. The summed E-state index contributed by atoms with van der Waals surface area (Å²) in [6, 6.07) is 4.63. The summed E-state index contributed by atoms with van der Waals surface area (Å²) in [7, 11) is 0. The summed E-state index contributed by atoms with van der Waals surface area (Å²) in [5.41, 5.74) is 1.18. The van der Waals surface area contributed by atoms with Crippen LogP contribution in [-0.4, -0.2) is 66.6 Å². The lowest BCUT2D eigenvalue weighted by Gasteiger charge is -2.33. The summed E-state index contributed by atoms with van der Waals surface area (Å²) in [5.74, 6) is 0.858. The minimum absolute atomic E-state index is 0. The molecule has 0 aliphatic carbocycles. The Morgan fingerprint density at radius 1 is 1.36 bits per heavy atom. The van der Waals surface area contributed by atoms with E-state index in [9.17, 15) is 0 Å². The average molecular weight is 518 g/mol. The quantitative estimate of drug-likeness (QED) is 0.320. The first kappa shape index (κ1) is 23.1. The number of nitrogens with one attached hydrogen (secondary N) is 2. The van der Waals surface area contributed by atoms with Crippen LogP contribution < -0.4 is 10.6 Å². The number of hydrogen-bond donors (Lipinski definition) is 2. The van der Waals surface area contributed by atoms with Crippen molar-refractivity contribution in [1.82, 2.24) is 25.3 Å². The number of aryl methyl sites for hydroxylation is 1. The van der Waals surface area contributed by atoms with Crippen LogP contribution in [0.5, 0.6) is 0 Å². The van der Waals surface area contributed by atoms with Crippen LogP contribution in [0, 0.1) is 6.92 Å². The molecule has 1 aliphatic heterocycles. The lowest BCUT2D eigenvalue weighted by Crippen LogP contribution is -2.42. The summed E-state index contributed by atoms with van der Waals surface area (Å²) in [5, 5.41) is 13.2. The average Bonchev–Trinajstić information content (AvgIpc) is 3.35. The fourth-order valence-electron chi connectivity index (χ4n) is 3.15. The van der Waals surface area contributed by atoms with Crippen LogP contribution in [0.4, 0.5) is 0 Å². The fourth-order valence-corrected chi connectivity index (χ4v) is 4.01. The van der Waals surface area contributed by atoms with Crippen molar-refractivity contribution in [2.24, 2.45) is 4.99 Å². The first-order valence-electron chi connectivity index (χ1n) is 9.62. The van der Waals surface area contributed by atoms with Crippen molar-refractivity contribution in [1.29, 1.82) is 0 Å². The first-order chi connectivity index (χ1) is 13.3. The Morgan fingerprint density at radius 2 is 2.18 bits per heavy atom. The van der Waals surface area contributed by atoms with Crippen molar-refractivity contribution in [3.63, 3.8) is 0 Å². The zero-order valence-electron chi connectivity index (χ0n) is 16.6. The van der Waals surface area contributed by atoms with Crippen LogP contribution in [0.1, 0.15) is 23.4 Å². The summed E-state index contributed by atoms with van der Waals surface area (Å²) < 4.78 is 7.47. The molecule has 0 radical (unpaired) electrons. The van der Waals surface area contributed by atoms with Gasteiger partial charge >= 0.3 is 0 Å². The number of thiophene rings is 1. The number of aromatic nitrogens is 2. The molecule has 0 bridgehead atoms. The molecule has 9 heteroatoms. The van der Waals surface area contributed by atoms with Crippen LogP contribution in [-0.2, 0) is 11.3 Å². The van der Waals surface area contributed by atoms with Gasteiger partial charge in [-0.25, -0.2) is 0 Å². The van der Waals surface area contributed by atoms with Crippen LogP contribution in [0.2, 0.25) is 0 Å². The molecule has 7 nitrogen and oxygen atoms in total. The molecule has 3 rings (SSSR count). The number of rotatable bonds is 8. The highest BCUT2D eigenvalue weighted by molar-refractivity contribution is 14.0. The first-order valence-corrected chi connectivity index (χ1v) is 10.5. The molecule has 3 heterocycles. The Morgan fingerprint density at radius 3 is 2.82 bits per heavy atom. The van der Waals surface area contributed by atoms with E-state index in [0.29, 0.717) is 6.04 Å². The van der Waals surface area contributed by atoms with Gasteiger partial charge in [0.2, 0.25) is 0 Å². The van der Waals surface area contributed by atoms with Crippen molar-refractivity contribution < 1.29 is 4.74 Å². The van der Waals surface area contributed by atoms with E-state index in [1.165, 1.54) is 10.4 Å². The number of ether oxygens (including phenoxy) is 1. The zero-order valence-corrected chi connectivity index (χ0v) is 19.8. The fraction of sp³-hybridized carbons (Fsp3) is 0.579. The van der Waals surface area contributed by atoms with Crippen LogP contribution >= 0.6 is 35.3 Å². The summed E-state index contributed by atoms with van der Waals surface area (Å²) in [4.78, 5) is 8.72. The van der Waals surface area contributed by atoms with Crippen molar-refractivity contribution >= 4 is 41.3 Å². The minimum atomic E-state index is 0. The molecular formula is C19H31IN6OS. The number of hydrogen-bond acceptors (Lipinski definition) is 5. The third-order valence-electron chi connectivity index (χ3n) is 4.52. The van der Waals surface area contributed by atoms with E-state index in [2.05, 4.69) is 58.2 Å². The predicted molar refractivity (Wildman–Crippen MR) is 126 cm³/mol. The maximum atomic E-state index is 5.52. The van der Waals surface area contributed by atoms with Gasteiger partial charge in [-0.15, -0.1) is 35.3 Å². The molecule has 1 saturated heterocycles. The Kier molecular flexibility index (Phi) is 10.2. The molecule has 0 spiro atoms. The maximum Gasteiger partial charge on any atom is 0.191 e. The summed E-state index contributed by atoms with van der Waals surface area (Å²) >= 11 is 1.80. The van der Waals surface area contributed by atoms with Crippen LogP contribution in [0.3, 0.4) is 0 Å². The number of halogens is 1. The second-order valence-electron chi connectivity index (χ2n) is 6.61. The molecule has 0 aromatic carbocycles. The van der Waals surface area contributed by atoms with Gasteiger partial charge in [-0.3, -0.25) is 14.6 Å². The van der Waals surface area contributed by atoms with E-state index in [1.54, 1.807) is 11.3 Å². The largest absolute Gasteiger partial charge is 0.379 e. The molecule has 2 N–H and O–H groups in total.